The first-order valence-corrected chi connectivity index (χ1v) is 5.70. The van der Waals surface area contributed by atoms with Gasteiger partial charge in [-0.1, -0.05) is 52.9 Å². The zero-order chi connectivity index (χ0) is 11.2. The van der Waals surface area contributed by atoms with Gasteiger partial charge in [0.1, 0.15) is 0 Å². The van der Waals surface area contributed by atoms with Gasteiger partial charge in [-0.25, -0.2) is 0 Å². The van der Waals surface area contributed by atoms with Gasteiger partial charge in [0, 0.05) is 0 Å². The lowest BCUT2D eigenvalue weighted by atomic mass is 10.1. The van der Waals surface area contributed by atoms with Crippen molar-refractivity contribution in [2.24, 2.45) is 0 Å². The zero-order valence-electron chi connectivity index (χ0n) is 9.78. The third-order valence-corrected chi connectivity index (χ3v) is 1.61. The summed E-state index contributed by atoms with van der Waals surface area (Å²) in [5.41, 5.74) is 0. The van der Waals surface area contributed by atoms with E-state index in [1.54, 1.807) is 0 Å². The second kappa shape index (κ2) is 15.1. The highest BCUT2D eigenvalue weighted by Crippen LogP contribution is 2.07. The molecule has 0 unspecified atom stereocenters. The van der Waals surface area contributed by atoms with E-state index in [4.69, 9.17) is 0 Å². The molecule has 0 rings (SSSR count). The predicted octanol–water partition coefficient (Wildman–Crippen LogP) is 5.54. The molecule has 0 spiro atoms. The molecule has 0 aromatic carbocycles. The van der Waals surface area contributed by atoms with Crippen LogP contribution in [0.1, 0.15) is 65.7 Å². The van der Waals surface area contributed by atoms with E-state index in [0.717, 1.165) is 18.9 Å². The van der Waals surface area contributed by atoms with Crippen LogP contribution in [0.15, 0.2) is 12.2 Å². The summed E-state index contributed by atoms with van der Waals surface area (Å²) in [7, 11) is 0. The Hall–Kier alpha value is -0.400. The molecule has 0 nitrogen and oxygen atoms in total. The van der Waals surface area contributed by atoms with Crippen molar-refractivity contribution in [2.45, 2.75) is 65.7 Å². The SMILES string of the molecule is CCC.CCCCCCCC=C(F)F. The normalized spacial score (nSPS) is 8.93. The van der Waals surface area contributed by atoms with Crippen LogP contribution in [-0.4, -0.2) is 0 Å². The van der Waals surface area contributed by atoms with Crippen molar-refractivity contribution in [1.82, 2.24) is 0 Å². The van der Waals surface area contributed by atoms with Gasteiger partial charge in [0.25, 0.3) is 6.08 Å². The molecule has 2 heteroatoms. The Balaban J connectivity index is 0. The fourth-order valence-corrected chi connectivity index (χ4v) is 0.959. The summed E-state index contributed by atoms with van der Waals surface area (Å²) in [6.45, 7) is 6.39. The minimum absolute atomic E-state index is 0.534. The number of rotatable bonds is 6. The van der Waals surface area contributed by atoms with Gasteiger partial charge in [-0.05, 0) is 18.9 Å². The maximum absolute atomic E-state index is 11.5. The van der Waals surface area contributed by atoms with E-state index in [0.29, 0.717) is 6.42 Å². The molecular weight excluding hydrogens is 182 g/mol. The Labute approximate surface area is 87.4 Å². The second-order valence-corrected chi connectivity index (χ2v) is 3.40. The van der Waals surface area contributed by atoms with Crippen LogP contribution in [0.4, 0.5) is 8.78 Å². The van der Waals surface area contributed by atoms with Gasteiger partial charge >= 0.3 is 0 Å². The van der Waals surface area contributed by atoms with Crippen LogP contribution in [0.2, 0.25) is 0 Å². The fourth-order valence-electron chi connectivity index (χ4n) is 0.959. The van der Waals surface area contributed by atoms with Crippen molar-refractivity contribution in [2.75, 3.05) is 0 Å². The highest BCUT2D eigenvalue weighted by atomic mass is 19.3. The summed E-state index contributed by atoms with van der Waals surface area (Å²) in [5, 5.41) is 0. The Kier molecular flexibility index (Phi) is 17.3. The van der Waals surface area contributed by atoms with Crippen molar-refractivity contribution < 1.29 is 8.78 Å². The van der Waals surface area contributed by atoms with E-state index < -0.39 is 6.08 Å². The van der Waals surface area contributed by atoms with Gasteiger partial charge in [-0.2, -0.15) is 8.78 Å². The van der Waals surface area contributed by atoms with Crippen LogP contribution >= 0.6 is 0 Å². The molecule has 86 valence electrons. The first-order chi connectivity index (χ1) is 6.68. The van der Waals surface area contributed by atoms with E-state index in [1.807, 2.05) is 0 Å². The molecule has 0 aromatic rings. The minimum atomic E-state index is -1.54. The second-order valence-electron chi connectivity index (χ2n) is 3.40. The smallest absolute Gasteiger partial charge is 0.174 e. The minimum Gasteiger partial charge on any atom is -0.174 e. The summed E-state index contributed by atoms with van der Waals surface area (Å²) in [6, 6.07) is 0. The van der Waals surface area contributed by atoms with Crippen LogP contribution < -0.4 is 0 Å². The van der Waals surface area contributed by atoms with E-state index in [1.165, 1.54) is 25.7 Å². The van der Waals surface area contributed by atoms with Crippen LogP contribution in [0, 0.1) is 0 Å². The molecule has 0 fully saturated rings. The molecule has 0 aliphatic rings. The average Bonchev–Trinajstić information content (AvgIpc) is 2.12. The molecule has 0 N–H and O–H groups in total. The molecule has 0 aliphatic carbocycles. The molecule has 14 heavy (non-hydrogen) atoms. The lowest BCUT2D eigenvalue weighted by Crippen LogP contribution is -1.75. The van der Waals surface area contributed by atoms with Gasteiger partial charge in [0.2, 0.25) is 0 Å². The van der Waals surface area contributed by atoms with Crippen molar-refractivity contribution >= 4 is 0 Å². The Bertz CT molecular complexity index is 115. The first kappa shape index (κ1) is 16.0. The van der Waals surface area contributed by atoms with Crippen molar-refractivity contribution in [1.29, 1.82) is 0 Å². The van der Waals surface area contributed by atoms with Crippen LogP contribution in [0.5, 0.6) is 0 Å². The van der Waals surface area contributed by atoms with E-state index >= 15 is 0 Å². The number of allylic oxidation sites excluding steroid dienone is 1. The summed E-state index contributed by atoms with van der Waals surface area (Å²) in [4.78, 5) is 0. The van der Waals surface area contributed by atoms with E-state index in [2.05, 4.69) is 20.8 Å². The lowest BCUT2D eigenvalue weighted by molar-refractivity contribution is 0.416. The standard InChI is InChI=1S/C9H16F2.C3H8/c1-2-3-4-5-6-7-8-9(10)11;1-3-2/h8H,2-7H2,1H3;3H2,1-2H3. The molecule has 0 radical (unpaired) electrons. The van der Waals surface area contributed by atoms with Crippen LogP contribution in [-0.2, 0) is 0 Å². The zero-order valence-corrected chi connectivity index (χ0v) is 9.78. The topological polar surface area (TPSA) is 0 Å². The highest BCUT2D eigenvalue weighted by Gasteiger charge is 1.89. The Morgan fingerprint density at radius 2 is 1.43 bits per heavy atom. The van der Waals surface area contributed by atoms with E-state index in [-0.39, 0.29) is 0 Å². The van der Waals surface area contributed by atoms with Gasteiger partial charge in [0.15, 0.2) is 0 Å². The van der Waals surface area contributed by atoms with Gasteiger partial charge in [0.05, 0.1) is 0 Å². The number of halogens is 2. The monoisotopic (exact) mass is 206 g/mol. The van der Waals surface area contributed by atoms with Crippen molar-refractivity contribution in [3.63, 3.8) is 0 Å². The van der Waals surface area contributed by atoms with Gasteiger partial charge in [-0.15, -0.1) is 0 Å². The maximum atomic E-state index is 11.5. The summed E-state index contributed by atoms with van der Waals surface area (Å²) in [6.07, 6.45) is 6.83. The number of hydrogen-bond donors (Lipinski definition) is 0. The molecule has 0 aliphatic heterocycles. The number of unbranched alkanes of at least 4 members (excludes halogenated alkanes) is 5. The molecule has 0 amide bonds. The van der Waals surface area contributed by atoms with Crippen LogP contribution in [0.25, 0.3) is 0 Å². The van der Waals surface area contributed by atoms with Crippen molar-refractivity contribution in [3.05, 3.63) is 12.2 Å². The van der Waals surface area contributed by atoms with Gasteiger partial charge < -0.3 is 0 Å². The highest BCUT2D eigenvalue weighted by molar-refractivity contribution is 4.79. The summed E-state index contributed by atoms with van der Waals surface area (Å²) >= 11 is 0. The molecule has 0 saturated carbocycles. The maximum Gasteiger partial charge on any atom is 0.266 e. The average molecular weight is 206 g/mol. The number of hydrogen-bond acceptors (Lipinski definition) is 0. The first-order valence-electron chi connectivity index (χ1n) is 5.70. The Morgan fingerprint density at radius 1 is 0.929 bits per heavy atom. The van der Waals surface area contributed by atoms with Crippen molar-refractivity contribution in [3.8, 4) is 0 Å². The molecule has 0 bridgehead atoms. The van der Waals surface area contributed by atoms with E-state index in [9.17, 15) is 8.78 Å². The molecule has 0 saturated heterocycles. The van der Waals surface area contributed by atoms with Crippen LogP contribution in [0.3, 0.4) is 0 Å². The Morgan fingerprint density at radius 3 is 1.86 bits per heavy atom. The quantitative estimate of drug-likeness (QED) is 0.500. The predicted molar refractivity (Wildman–Crippen MR) is 59.6 cm³/mol. The molecule has 0 atom stereocenters. The lowest BCUT2D eigenvalue weighted by Gasteiger charge is -1.95. The molecule has 0 heterocycles. The summed E-state index contributed by atoms with van der Waals surface area (Å²) in [5.74, 6) is 0. The third kappa shape index (κ3) is 22.6. The third-order valence-electron chi connectivity index (χ3n) is 1.61. The fraction of sp³-hybridized carbons (Fsp3) is 0.833. The molecular formula is C12H24F2. The molecule has 0 aromatic heterocycles. The largest absolute Gasteiger partial charge is 0.266 e. The van der Waals surface area contributed by atoms with Gasteiger partial charge in [-0.3, -0.25) is 0 Å². The summed E-state index contributed by atoms with van der Waals surface area (Å²) < 4.78 is 22.9.